The van der Waals surface area contributed by atoms with Gasteiger partial charge in [0, 0.05) is 10.9 Å². The summed E-state index contributed by atoms with van der Waals surface area (Å²) in [4.78, 5) is 1.31. The smallest absolute Gasteiger partial charge is 0.0595 e. The molecule has 2 aromatic carbocycles. The van der Waals surface area contributed by atoms with Crippen LogP contribution in [0.15, 0.2) is 47.4 Å². The monoisotopic (exact) mass is 339 g/mol. The molecule has 0 aliphatic carbocycles. The molecule has 0 bridgehead atoms. The number of benzene rings is 2. The van der Waals surface area contributed by atoms with Crippen molar-refractivity contribution >= 4 is 35.0 Å². The number of halogens is 2. The van der Waals surface area contributed by atoms with Crippen molar-refractivity contribution in [1.29, 1.82) is 0 Å². The number of hydrogen-bond acceptors (Lipinski definition) is 2. The number of likely N-dealkylation sites (N-methyl/N-ethyl adjacent to an activating group) is 1. The summed E-state index contributed by atoms with van der Waals surface area (Å²) in [5.74, 6) is 1.10. The minimum Gasteiger partial charge on any atom is -0.313 e. The number of hydrogen-bond donors (Lipinski definition) is 1. The van der Waals surface area contributed by atoms with Crippen LogP contribution >= 0.6 is 35.0 Å². The lowest BCUT2D eigenvalue weighted by Crippen LogP contribution is -2.18. The summed E-state index contributed by atoms with van der Waals surface area (Å²) in [6, 6.07) is 14.8. The zero-order valence-electron chi connectivity index (χ0n) is 12.2. The molecule has 4 heteroatoms. The Kier molecular flexibility index (Phi) is 6.43. The lowest BCUT2D eigenvalue weighted by molar-refractivity contribution is 0.592. The van der Waals surface area contributed by atoms with Crippen molar-refractivity contribution in [3.63, 3.8) is 0 Å². The molecule has 21 heavy (non-hydrogen) atoms. The van der Waals surface area contributed by atoms with E-state index in [1.807, 2.05) is 37.0 Å². The Balaban J connectivity index is 2.13. The SMILES string of the molecule is CCSc1ccc(C(Cc2ccc(Cl)c(Cl)c2)NC)cc1. The Bertz CT molecular complexity index is 584. The molecule has 0 saturated carbocycles. The molecule has 0 saturated heterocycles. The predicted octanol–water partition coefficient (Wildman–Crippen LogP) is 5.61. The van der Waals surface area contributed by atoms with Gasteiger partial charge in [0.1, 0.15) is 0 Å². The van der Waals surface area contributed by atoms with E-state index in [9.17, 15) is 0 Å². The Hall–Kier alpha value is -0.670. The van der Waals surface area contributed by atoms with Gasteiger partial charge in [-0.05, 0) is 54.6 Å². The van der Waals surface area contributed by atoms with Crippen molar-refractivity contribution in [2.45, 2.75) is 24.3 Å². The molecule has 1 nitrogen and oxygen atoms in total. The van der Waals surface area contributed by atoms with Gasteiger partial charge < -0.3 is 5.32 Å². The standard InChI is InChI=1S/C17H19Cl2NS/c1-3-21-14-7-5-13(6-8-14)17(20-2)11-12-4-9-15(18)16(19)10-12/h4-10,17,20H,3,11H2,1-2H3. The Morgan fingerprint density at radius 3 is 2.33 bits per heavy atom. The van der Waals surface area contributed by atoms with Gasteiger partial charge in [0.15, 0.2) is 0 Å². The third-order valence-electron chi connectivity index (χ3n) is 3.37. The quantitative estimate of drug-likeness (QED) is 0.686. The third-order valence-corrected chi connectivity index (χ3v) is 5.00. The Morgan fingerprint density at radius 2 is 1.76 bits per heavy atom. The molecule has 112 valence electrons. The van der Waals surface area contributed by atoms with Gasteiger partial charge >= 0.3 is 0 Å². The Morgan fingerprint density at radius 1 is 1.05 bits per heavy atom. The van der Waals surface area contributed by atoms with Gasteiger partial charge in [-0.2, -0.15) is 0 Å². The fraction of sp³-hybridized carbons (Fsp3) is 0.294. The van der Waals surface area contributed by atoms with Crippen molar-refractivity contribution in [2.24, 2.45) is 0 Å². The molecule has 0 amide bonds. The van der Waals surface area contributed by atoms with Crippen LogP contribution in [0.25, 0.3) is 0 Å². The molecule has 0 spiro atoms. The maximum Gasteiger partial charge on any atom is 0.0595 e. The van der Waals surface area contributed by atoms with E-state index in [2.05, 4.69) is 36.5 Å². The first-order chi connectivity index (χ1) is 10.1. The molecule has 1 N–H and O–H groups in total. The lowest BCUT2D eigenvalue weighted by Gasteiger charge is -2.17. The summed E-state index contributed by atoms with van der Waals surface area (Å²) in [6.45, 7) is 2.17. The van der Waals surface area contributed by atoms with E-state index in [4.69, 9.17) is 23.2 Å². The van der Waals surface area contributed by atoms with E-state index < -0.39 is 0 Å². The molecular weight excluding hydrogens is 321 g/mol. The normalized spacial score (nSPS) is 12.4. The van der Waals surface area contributed by atoms with Crippen LogP contribution in [0.2, 0.25) is 10.0 Å². The average Bonchev–Trinajstić information content (AvgIpc) is 2.50. The summed E-state index contributed by atoms with van der Waals surface area (Å²) in [5, 5.41) is 4.58. The maximum absolute atomic E-state index is 6.09. The topological polar surface area (TPSA) is 12.0 Å². The number of nitrogens with one attached hydrogen (secondary N) is 1. The van der Waals surface area contributed by atoms with Crippen LogP contribution in [0.5, 0.6) is 0 Å². The predicted molar refractivity (Wildman–Crippen MR) is 94.8 cm³/mol. The van der Waals surface area contributed by atoms with Crippen molar-refractivity contribution in [3.05, 3.63) is 63.6 Å². The van der Waals surface area contributed by atoms with E-state index in [0.717, 1.165) is 12.2 Å². The van der Waals surface area contributed by atoms with Crippen molar-refractivity contribution in [2.75, 3.05) is 12.8 Å². The molecule has 0 aliphatic heterocycles. The molecule has 0 fully saturated rings. The minimum atomic E-state index is 0.267. The highest BCUT2D eigenvalue weighted by atomic mass is 35.5. The summed E-state index contributed by atoms with van der Waals surface area (Å²) >= 11 is 13.9. The molecule has 1 unspecified atom stereocenters. The first-order valence-electron chi connectivity index (χ1n) is 6.98. The van der Waals surface area contributed by atoms with E-state index in [-0.39, 0.29) is 6.04 Å². The van der Waals surface area contributed by atoms with Crippen LogP contribution < -0.4 is 5.32 Å². The van der Waals surface area contributed by atoms with Crippen LogP contribution in [0, 0.1) is 0 Å². The highest BCUT2D eigenvalue weighted by Gasteiger charge is 2.11. The second kappa shape index (κ2) is 8.09. The van der Waals surface area contributed by atoms with Gasteiger partial charge in [0.2, 0.25) is 0 Å². The van der Waals surface area contributed by atoms with Crippen molar-refractivity contribution in [1.82, 2.24) is 5.32 Å². The molecular formula is C17H19Cl2NS. The molecule has 2 aromatic rings. The van der Waals surface area contributed by atoms with Crippen molar-refractivity contribution < 1.29 is 0 Å². The van der Waals surface area contributed by atoms with Gasteiger partial charge in [-0.3, -0.25) is 0 Å². The second-order valence-corrected chi connectivity index (χ2v) is 6.95. The Labute approximate surface area is 141 Å². The second-order valence-electron chi connectivity index (χ2n) is 4.80. The van der Waals surface area contributed by atoms with E-state index in [1.165, 1.54) is 16.0 Å². The summed E-state index contributed by atoms with van der Waals surface area (Å²) in [7, 11) is 1.98. The molecule has 2 rings (SSSR count). The fourth-order valence-corrected chi connectivity index (χ4v) is 3.23. The van der Waals surface area contributed by atoms with Crippen LogP contribution in [0.3, 0.4) is 0 Å². The summed E-state index contributed by atoms with van der Waals surface area (Å²) in [5.41, 5.74) is 2.46. The van der Waals surface area contributed by atoms with Crippen LogP contribution in [0.1, 0.15) is 24.1 Å². The van der Waals surface area contributed by atoms with Gasteiger partial charge in [-0.25, -0.2) is 0 Å². The highest BCUT2D eigenvalue weighted by Crippen LogP contribution is 2.26. The van der Waals surface area contributed by atoms with Gasteiger partial charge in [-0.1, -0.05) is 48.3 Å². The third kappa shape index (κ3) is 4.65. The van der Waals surface area contributed by atoms with E-state index in [1.54, 1.807) is 0 Å². The minimum absolute atomic E-state index is 0.267. The first kappa shape index (κ1) is 16.7. The van der Waals surface area contributed by atoms with E-state index >= 15 is 0 Å². The van der Waals surface area contributed by atoms with Crippen molar-refractivity contribution in [3.8, 4) is 0 Å². The van der Waals surface area contributed by atoms with Gasteiger partial charge in [-0.15, -0.1) is 11.8 Å². The maximum atomic E-state index is 6.09. The zero-order valence-corrected chi connectivity index (χ0v) is 14.5. The summed E-state index contributed by atoms with van der Waals surface area (Å²) in [6.07, 6.45) is 0.883. The van der Waals surface area contributed by atoms with Gasteiger partial charge in [0.05, 0.1) is 10.0 Å². The number of thioether (sulfide) groups is 1. The van der Waals surface area contributed by atoms with Gasteiger partial charge in [0.25, 0.3) is 0 Å². The molecule has 0 aromatic heterocycles. The number of rotatable bonds is 6. The molecule has 0 radical (unpaired) electrons. The van der Waals surface area contributed by atoms with Crippen LogP contribution in [0.4, 0.5) is 0 Å². The van der Waals surface area contributed by atoms with Crippen LogP contribution in [-0.2, 0) is 6.42 Å². The molecule has 0 heterocycles. The largest absolute Gasteiger partial charge is 0.313 e. The van der Waals surface area contributed by atoms with Crippen LogP contribution in [-0.4, -0.2) is 12.8 Å². The molecule has 1 atom stereocenters. The molecule has 0 aliphatic rings. The average molecular weight is 340 g/mol. The van der Waals surface area contributed by atoms with E-state index in [0.29, 0.717) is 10.0 Å². The highest BCUT2D eigenvalue weighted by molar-refractivity contribution is 7.99. The fourth-order valence-electron chi connectivity index (χ4n) is 2.25. The zero-order chi connectivity index (χ0) is 15.2. The summed E-state index contributed by atoms with van der Waals surface area (Å²) < 4.78 is 0. The first-order valence-corrected chi connectivity index (χ1v) is 8.72. The lowest BCUT2D eigenvalue weighted by atomic mass is 9.99.